The Bertz CT molecular complexity index is 1320. The molecule has 7 heteroatoms. The number of aromatic nitrogens is 2. The summed E-state index contributed by atoms with van der Waals surface area (Å²) in [5.41, 5.74) is 3.61. The lowest BCUT2D eigenvalue weighted by atomic mass is 9.87. The molecule has 0 fully saturated rings. The van der Waals surface area contributed by atoms with Gasteiger partial charge in [-0.2, -0.15) is 0 Å². The van der Waals surface area contributed by atoms with Crippen LogP contribution in [0.2, 0.25) is 0 Å². The van der Waals surface area contributed by atoms with Gasteiger partial charge in [0.25, 0.3) is 0 Å². The summed E-state index contributed by atoms with van der Waals surface area (Å²) in [6.45, 7) is 4.14. The second-order valence-corrected chi connectivity index (χ2v) is 10.4. The average Bonchev–Trinajstić information content (AvgIpc) is 3.20. The number of benzene rings is 2. The fraction of sp³-hybridized carbons (Fsp3) is 0.296. The highest BCUT2D eigenvalue weighted by Crippen LogP contribution is 2.38. The number of carbonyl (C=O) groups excluding carboxylic acids is 1. The van der Waals surface area contributed by atoms with Crippen LogP contribution in [0, 0.1) is 6.92 Å². The molecule has 5 nitrogen and oxygen atoms in total. The maximum atomic E-state index is 12.6. The number of hydrogen-bond donors (Lipinski definition) is 1. The Labute approximate surface area is 208 Å². The highest BCUT2D eigenvalue weighted by molar-refractivity contribution is 7.98. The number of nitrogens with one attached hydrogen (secondary N) is 1. The second kappa shape index (κ2) is 10.2. The second-order valence-electron chi connectivity index (χ2n) is 8.33. The number of thiophene rings is 1. The molecule has 0 bridgehead atoms. The Balaban J connectivity index is 1.54. The Hall–Kier alpha value is -2.90. The van der Waals surface area contributed by atoms with E-state index in [9.17, 15) is 4.79 Å². The van der Waals surface area contributed by atoms with E-state index < -0.39 is 0 Å². The van der Waals surface area contributed by atoms with E-state index in [0.717, 1.165) is 46.7 Å². The van der Waals surface area contributed by atoms with E-state index in [2.05, 4.69) is 41.7 Å². The Morgan fingerprint density at radius 3 is 2.76 bits per heavy atom. The molecule has 34 heavy (non-hydrogen) atoms. The number of nitrogens with zero attached hydrogens (tertiary/aromatic N) is 2. The van der Waals surface area contributed by atoms with Crippen LogP contribution in [0.5, 0.6) is 0 Å². The molecule has 1 N–H and O–H groups in total. The molecule has 2 aromatic carbocycles. The van der Waals surface area contributed by atoms with Crippen molar-refractivity contribution in [3.05, 3.63) is 82.0 Å². The van der Waals surface area contributed by atoms with Crippen molar-refractivity contribution in [1.29, 1.82) is 0 Å². The van der Waals surface area contributed by atoms with Crippen molar-refractivity contribution in [2.45, 2.75) is 49.8 Å². The van der Waals surface area contributed by atoms with Gasteiger partial charge in [0.15, 0.2) is 0 Å². The van der Waals surface area contributed by atoms with E-state index in [0.29, 0.717) is 17.2 Å². The predicted molar refractivity (Wildman–Crippen MR) is 140 cm³/mol. The van der Waals surface area contributed by atoms with Gasteiger partial charge >= 0.3 is 5.97 Å². The lowest BCUT2D eigenvalue weighted by Crippen LogP contribution is -2.18. The number of ether oxygens (including phenoxy) is 1. The minimum Gasteiger partial charge on any atom is -0.462 e. The van der Waals surface area contributed by atoms with E-state index in [4.69, 9.17) is 14.7 Å². The van der Waals surface area contributed by atoms with Gasteiger partial charge in [0.1, 0.15) is 21.3 Å². The van der Waals surface area contributed by atoms with Gasteiger partial charge in [0, 0.05) is 4.90 Å². The van der Waals surface area contributed by atoms with Crippen molar-refractivity contribution in [3.8, 4) is 0 Å². The highest BCUT2D eigenvalue weighted by Gasteiger charge is 2.25. The zero-order chi connectivity index (χ0) is 23.5. The summed E-state index contributed by atoms with van der Waals surface area (Å²) >= 11 is 3.11. The molecule has 0 amide bonds. The molecule has 0 aliphatic heterocycles. The van der Waals surface area contributed by atoms with Crippen molar-refractivity contribution in [2.75, 3.05) is 11.9 Å². The Kier molecular flexibility index (Phi) is 6.83. The van der Waals surface area contributed by atoms with Crippen LogP contribution in [0.1, 0.15) is 58.0 Å². The van der Waals surface area contributed by atoms with Crippen molar-refractivity contribution >= 4 is 45.1 Å². The summed E-state index contributed by atoms with van der Waals surface area (Å²) in [5.74, 6) is 1.92. The molecule has 2 heterocycles. The van der Waals surface area contributed by atoms with E-state index >= 15 is 0 Å². The maximum Gasteiger partial charge on any atom is 0.348 e. The minimum absolute atomic E-state index is 0.183. The molecule has 174 valence electrons. The standard InChI is InChI=1S/C27H27N3O2S2/c1-3-32-27(31)24-17(2)23-25(28-21-15-9-11-18-10-7-8-14-20(18)21)29-22(30-26(23)34-24)16-33-19-12-5-4-6-13-19/h4-8,10,12-14,21H,3,9,11,15-16H2,1-2H3,(H,28,29,30)/t21-/m1/s1. The number of esters is 1. The van der Waals surface area contributed by atoms with Crippen molar-refractivity contribution in [3.63, 3.8) is 0 Å². The molecule has 2 aromatic heterocycles. The van der Waals surface area contributed by atoms with Crippen LogP contribution in [0.15, 0.2) is 59.5 Å². The smallest absolute Gasteiger partial charge is 0.348 e. The fourth-order valence-corrected chi connectivity index (χ4v) is 6.34. The molecule has 1 aliphatic carbocycles. The summed E-state index contributed by atoms with van der Waals surface area (Å²) in [6.07, 6.45) is 3.29. The van der Waals surface area contributed by atoms with Gasteiger partial charge in [0.2, 0.25) is 0 Å². The van der Waals surface area contributed by atoms with Crippen molar-refractivity contribution < 1.29 is 9.53 Å². The lowest BCUT2D eigenvalue weighted by Gasteiger charge is -2.27. The molecule has 0 saturated carbocycles. The molecular formula is C27H27N3O2S2. The van der Waals surface area contributed by atoms with Crippen LogP contribution in [0.3, 0.4) is 0 Å². The van der Waals surface area contributed by atoms with Crippen LogP contribution in [0.4, 0.5) is 5.82 Å². The summed E-state index contributed by atoms with van der Waals surface area (Å²) < 4.78 is 5.31. The first-order chi connectivity index (χ1) is 16.6. The van der Waals surface area contributed by atoms with E-state index in [1.165, 1.54) is 27.4 Å². The van der Waals surface area contributed by atoms with Crippen LogP contribution in [-0.4, -0.2) is 22.5 Å². The first kappa shape index (κ1) is 22.9. The van der Waals surface area contributed by atoms with Gasteiger partial charge in [0.05, 0.1) is 23.8 Å². The van der Waals surface area contributed by atoms with Gasteiger partial charge in [-0.1, -0.05) is 42.5 Å². The molecule has 4 aromatic rings. The summed E-state index contributed by atoms with van der Waals surface area (Å²) in [5, 5.41) is 4.66. The zero-order valence-corrected chi connectivity index (χ0v) is 21.0. The Morgan fingerprint density at radius 2 is 1.94 bits per heavy atom. The minimum atomic E-state index is -0.294. The average molecular weight is 490 g/mol. The highest BCUT2D eigenvalue weighted by atomic mass is 32.2. The van der Waals surface area contributed by atoms with E-state index in [-0.39, 0.29) is 12.0 Å². The summed E-state index contributed by atoms with van der Waals surface area (Å²) in [6, 6.07) is 19.1. The molecular weight excluding hydrogens is 462 g/mol. The van der Waals surface area contributed by atoms with Crippen molar-refractivity contribution in [2.24, 2.45) is 0 Å². The quantitative estimate of drug-likeness (QED) is 0.224. The largest absolute Gasteiger partial charge is 0.462 e. The van der Waals surface area contributed by atoms with Gasteiger partial charge in [-0.3, -0.25) is 0 Å². The van der Waals surface area contributed by atoms with Crippen LogP contribution in [-0.2, 0) is 16.9 Å². The molecule has 1 atom stereocenters. The van der Waals surface area contributed by atoms with Crippen molar-refractivity contribution in [1.82, 2.24) is 9.97 Å². The first-order valence-corrected chi connectivity index (χ1v) is 13.4. The van der Waals surface area contributed by atoms with Gasteiger partial charge in [-0.15, -0.1) is 23.1 Å². The number of fused-ring (bicyclic) bond motifs is 2. The third-order valence-electron chi connectivity index (χ3n) is 6.09. The SMILES string of the molecule is CCOC(=O)c1sc2nc(CSc3ccccc3)nc(N[C@@H]3CCCc4ccccc43)c2c1C. The summed E-state index contributed by atoms with van der Waals surface area (Å²) in [7, 11) is 0. The van der Waals surface area contributed by atoms with Gasteiger partial charge < -0.3 is 10.1 Å². The predicted octanol–water partition coefficient (Wildman–Crippen LogP) is 6.96. The Morgan fingerprint density at radius 1 is 1.15 bits per heavy atom. The van der Waals surface area contributed by atoms with E-state index in [1.807, 2.05) is 32.0 Å². The maximum absolute atomic E-state index is 12.6. The number of anilines is 1. The number of thioether (sulfide) groups is 1. The molecule has 0 saturated heterocycles. The third-order valence-corrected chi connectivity index (χ3v) is 8.26. The van der Waals surface area contributed by atoms with Crippen LogP contribution >= 0.6 is 23.1 Å². The lowest BCUT2D eigenvalue weighted by molar-refractivity contribution is 0.0531. The monoisotopic (exact) mass is 489 g/mol. The molecule has 1 aliphatic rings. The number of carbonyl (C=O) groups is 1. The van der Waals surface area contributed by atoms with Gasteiger partial charge in [-0.05, 0) is 61.9 Å². The topological polar surface area (TPSA) is 64.1 Å². The third kappa shape index (κ3) is 4.68. The number of aryl methyl sites for hydroxylation is 2. The normalized spacial score (nSPS) is 15.2. The fourth-order valence-electron chi connectivity index (χ4n) is 4.48. The van der Waals surface area contributed by atoms with E-state index in [1.54, 1.807) is 11.8 Å². The van der Waals surface area contributed by atoms with Gasteiger partial charge in [-0.25, -0.2) is 14.8 Å². The molecule has 0 unspecified atom stereocenters. The number of rotatable bonds is 7. The molecule has 5 rings (SSSR count). The molecule has 0 radical (unpaired) electrons. The number of hydrogen-bond acceptors (Lipinski definition) is 7. The molecule has 0 spiro atoms. The first-order valence-electron chi connectivity index (χ1n) is 11.6. The van der Waals surface area contributed by atoms with Crippen LogP contribution in [0.25, 0.3) is 10.2 Å². The summed E-state index contributed by atoms with van der Waals surface area (Å²) in [4.78, 5) is 25.0. The zero-order valence-electron chi connectivity index (χ0n) is 19.3. The van der Waals surface area contributed by atoms with Crippen LogP contribution < -0.4 is 5.32 Å².